The second-order valence-corrected chi connectivity index (χ2v) is 6.29. The maximum absolute atomic E-state index is 11.9. The van der Waals surface area contributed by atoms with Crippen LogP contribution in [0, 0.1) is 19.8 Å². The number of nitrogen functional groups attached to an aromatic ring is 1. The standard InChI is InChI=1S/C17H24N6O2/c1-4-25-17(24)13-5-7-22(8-6-13)15-14(18)16(20-10-19-15)23-12(3)9-11(2)21-23/h9-10,13H,4-8,18H2,1-3H3. The van der Waals surface area contributed by atoms with Gasteiger partial charge in [-0.25, -0.2) is 14.6 Å². The van der Waals surface area contributed by atoms with Crippen LogP contribution in [0.15, 0.2) is 12.4 Å². The van der Waals surface area contributed by atoms with E-state index in [2.05, 4.69) is 20.0 Å². The molecule has 1 fully saturated rings. The lowest BCUT2D eigenvalue weighted by Crippen LogP contribution is -2.38. The monoisotopic (exact) mass is 344 g/mol. The average Bonchev–Trinajstić information content (AvgIpc) is 2.94. The lowest BCUT2D eigenvalue weighted by Gasteiger charge is -2.32. The van der Waals surface area contributed by atoms with E-state index < -0.39 is 0 Å². The SMILES string of the molecule is CCOC(=O)C1CCN(c2ncnc(-n3nc(C)cc3C)c2N)CC1. The number of nitrogens with two attached hydrogens (primary N) is 1. The van der Waals surface area contributed by atoms with Gasteiger partial charge in [0.15, 0.2) is 11.6 Å². The van der Waals surface area contributed by atoms with E-state index in [1.165, 1.54) is 6.33 Å². The number of aryl methyl sites for hydroxylation is 2. The predicted octanol–water partition coefficient (Wildman–Crippen LogP) is 1.64. The molecule has 0 bridgehead atoms. The van der Waals surface area contributed by atoms with E-state index in [9.17, 15) is 4.79 Å². The van der Waals surface area contributed by atoms with Crippen molar-refractivity contribution < 1.29 is 9.53 Å². The van der Waals surface area contributed by atoms with Crippen molar-refractivity contribution in [3.63, 3.8) is 0 Å². The highest BCUT2D eigenvalue weighted by molar-refractivity contribution is 5.74. The summed E-state index contributed by atoms with van der Waals surface area (Å²) in [7, 11) is 0. The average molecular weight is 344 g/mol. The number of aromatic nitrogens is 4. The molecular weight excluding hydrogens is 320 g/mol. The number of ether oxygens (including phenoxy) is 1. The fourth-order valence-electron chi connectivity index (χ4n) is 3.23. The molecule has 8 nitrogen and oxygen atoms in total. The summed E-state index contributed by atoms with van der Waals surface area (Å²) in [6, 6.07) is 1.98. The Balaban J connectivity index is 1.79. The zero-order valence-corrected chi connectivity index (χ0v) is 14.9. The zero-order chi connectivity index (χ0) is 18.0. The Morgan fingerprint density at radius 3 is 2.56 bits per heavy atom. The molecule has 0 unspecified atom stereocenters. The molecule has 0 amide bonds. The van der Waals surface area contributed by atoms with Gasteiger partial charge in [0, 0.05) is 18.8 Å². The highest BCUT2D eigenvalue weighted by Gasteiger charge is 2.28. The maximum atomic E-state index is 11.9. The van der Waals surface area contributed by atoms with Crippen LogP contribution in [0.25, 0.3) is 5.82 Å². The summed E-state index contributed by atoms with van der Waals surface area (Å²) in [5, 5.41) is 4.45. The summed E-state index contributed by atoms with van der Waals surface area (Å²) in [5.74, 6) is 1.12. The van der Waals surface area contributed by atoms with Gasteiger partial charge < -0.3 is 15.4 Å². The number of esters is 1. The van der Waals surface area contributed by atoms with Crippen molar-refractivity contribution in [2.45, 2.75) is 33.6 Å². The van der Waals surface area contributed by atoms with Gasteiger partial charge in [-0.15, -0.1) is 0 Å². The second kappa shape index (κ2) is 7.08. The van der Waals surface area contributed by atoms with Crippen molar-refractivity contribution in [2.75, 3.05) is 30.3 Å². The van der Waals surface area contributed by atoms with Gasteiger partial charge in [-0.2, -0.15) is 5.10 Å². The van der Waals surface area contributed by atoms with Crippen LogP contribution in [0.2, 0.25) is 0 Å². The van der Waals surface area contributed by atoms with Gasteiger partial charge in [0.2, 0.25) is 0 Å². The number of piperidine rings is 1. The van der Waals surface area contributed by atoms with Crippen molar-refractivity contribution >= 4 is 17.5 Å². The lowest BCUT2D eigenvalue weighted by atomic mass is 9.97. The fraction of sp³-hybridized carbons (Fsp3) is 0.529. The Morgan fingerprint density at radius 1 is 1.28 bits per heavy atom. The molecule has 3 heterocycles. The van der Waals surface area contributed by atoms with Crippen molar-refractivity contribution in [2.24, 2.45) is 5.92 Å². The van der Waals surface area contributed by atoms with Crippen LogP contribution in [0.4, 0.5) is 11.5 Å². The number of rotatable bonds is 4. The molecule has 0 spiro atoms. The first kappa shape index (κ1) is 17.2. The lowest BCUT2D eigenvalue weighted by molar-refractivity contribution is -0.148. The Bertz CT molecular complexity index is 764. The molecule has 0 aliphatic carbocycles. The smallest absolute Gasteiger partial charge is 0.309 e. The van der Waals surface area contributed by atoms with Gasteiger partial charge in [0.05, 0.1) is 18.2 Å². The number of anilines is 2. The number of hydrogen-bond acceptors (Lipinski definition) is 7. The molecule has 8 heteroatoms. The molecule has 0 aromatic carbocycles. The summed E-state index contributed by atoms with van der Waals surface area (Å²) in [6.45, 7) is 7.57. The fourth-order valence-corrected chi connectivity index (χ4v) is 3.23. The summed E-state index contributed by atoms with van der Waals surface area (Å²) < 4.78 is 6.86. The Kier molecular flexibility index (Phi) is 4.87. The summed E-state index contributed by atoms with van der Waals surface area (Å²) in [6.07, 6.45) is 2.98. The van der Waals surface area contributed by atoms with Crippen molar-refractivity contribution in [1.29, 1.82) is 0 Å². The molecule has 134 valence electrons. The van der Waals surface area contributed by atoms with Gasteiger partial charge in [-0.05, 0) is 39.7 Å². The van der Waals surface area contributed by atoms with E-state index in [4.69, 9.17) is 10.5 Å². The van der Waals surface area contributed by atoms with Crippen molar-refractivity contribution in [3.05, 3.63) is 23.8 Å². The quantitative estimate of drug-likeness (QED) is 0.842. The molecule has 1 saturated heterocycles. The normalized spacial score (nSPS) is 15.4. The van der Waals surface area contributed by atoms with Crippen molar-refractivity contribution in [3.8, 4) is 5.82 Å². The summed E-state index contributed by atoms with van der Waals surface area (Å²) in [4.78, 5) is 22.7. The van der Waals surface area contributed by atoms with E-state index >= 15 is 0 Å². The minimum Gasteiger partial charge on any atom is -0.466 e. The largest absolute Gasteiger partial charge is 0.466 e. The molecule has 0 atom stereocenters. The van der Waals surface area contributed by atoms with Crippen LogP contribution < -0.4 is 10.6 Å². The van der Waals surface area contributed by atoms with Crippen molar-refractivity contribution in [1.82, 2.24) is 19.7 Å². The highest BCUT2D eigenvalue weighted by Crippen LogP contribution is 2.29. The second-order valence-electron chi connectivity index (χ2n) is 6.29. The van der Waals surface area contributed by atoms with E-state index in [1.807, 2.05) is 26.8 Å². The van der Waals surface area contributed by atoms with Crippen LogP contribution in [-0.2, 0) is 9.53 Å². The first-order chi connectivity index (χ1) is 12.0. The minimum atomic E-state index is -0.110. The predicted molar refractivity (Wildman–Crippen MR) is 94.6 cm³/mol. The zero-order valence-electron chi connectivity index (χ0n) is 14.9. The highest BCUT2D eigenvalue weighted by atomic mass is 16.5. The molecule has 2 N–H and O–H groups in total. The van der Waals surface area contributed by atoms with Crippen LogP contribution in [0.3, 0.4) is 0 Å². The molecule has 0 saturated carbocycles. The van der Waals surface area contributed by atoms with Crippen LogP contribution >= 0.6 is 0 Å². The van der Waals surface area contributed by atoms with E-state index in [0.717, 1.165) is 24.2 Å². The Labute approximate surface area is 147 Å². The van der Waals surface area contributed by atoms with E-state index in [0.29, 0.717) is 37.0 Å². The van der Waals surface area contributed by atoms with Crippen LogP contribution in [0.5, 0.6) is 0 Å². The third kappa shape index (κ3) is 3.42. The molecule has 25 heavy (non-hydrogen) atoms. The van der Waals surface area contributed by atoms with E-state index in [1.54, 1.807) is 4.68 Å². The number of carbonyl (C=O) groups excluding carboxylic acids is 1. The Hall–Kier alpha value is -2.64. The van der Waals surface area contributed by atoms with Gasteiger partial charge in [0.1, 0.15) is 12.0 Å². The van der Waals surface area contributed by atoms with E-state index in [-0.39, 0.29) is 11.9 Å². The summed E-state index contributed by atoms with van der Waals surface area (Å²) >= 11 is 0. The van der Waals surface area contributed by atoms with Gasteiger partial charge in [-0.1, -0.05) is 0 Å². The van der Waals surface area contributed by atoms with Crippen LogP contribution in [0.1, 0.15) is 31.2 Å². The number of nitrogens with zero attached hydrogens (tertiary/aromatic N) is 5. The van der Waals surface area contributed by atoms with Gasteiger partial charge >= 0.3 is 5.97 Å². The summed E-state index contributed by atoms with van der Waals surface area (Å²) in [5.41, 5.74) is 8.73. The topological polar surface area (TPSA) is 99.2 Å². The molecule has 2 aromatic rings. The third-order valence-corrected chi connectivity index (χ3v) is 4.47. The molecule has 2 aromatic heterocycles. The van der Waals surface area contributed by atoms with Gasteiger partial charge in [0.25, 0.3) is 0 Å². The molecule has 3 rings (SSSR count). The molecule has 0 radical (unpaired) electrons. The first-order valence-electron chi connectivity index (χ1n) is 8.57. The van der Waals surface area contributed by atoms with Crippen LogP contribution in [-0.4, -0.2) is 45.4 Å². The molecule has 1 aliphatic rings. The Morgan fingerprint density at radius 2 is 1.96 bits per heavy atom. The maximum Gasteiger partial charge on any atom is 0.309 e. The minimum absolute atomic E-state index is 0.0465. The third-order valence-electron chi connectivity index (χ3n) is 4.47. The van der Waals surface area contributed by atoms with Gasteiger partial charge in [-0.3, -0.25) is 4.79 Å². The molecule has 1 aliphatic heterocycles. The molecular formula is C17H24N6O2. The first-order valence-corrected chi connectivity index (χ1v) is 8.57. The number of carbonyl (C=O) groups is 1. The number of hydrogen-bond donors (Lipinski definition) is 1.